The molecule has 0 saturated carbocycles. The maximum atomic E-state index is 11.2. The van der Waals surface area contributed by atoms with Gasteiger partial charge in [-0.15, -0.1) is 11.3 Å². The van der Waals surface area contributed by atoms with E-state index in [9.17, 15) is 4.79 Å². The molecule has 0 N–H and O–H groups in total. The molecular weight excluding hydrogens is 250 g/mol. The average Bonchev–Trinajstić information content (AvgIpc) is 2.82. The van der Waals surface area contributed by atoms with E-state index in [2.05, 4.69) is 11.9 Å². The largest absolute Gasteiger partial charge is 0.466 e. The summed E-state index contributed by atoms with van der Waals surface area (Å²) in [5.41, 5.74) is 0.946. The zero-order valence-electron chi connectivity index (χ0n) is 11.3. The van der Waals surface area contributed by atoms with Crippen molar-refractivity contribution in [3.8, 4) is 0 Å². The first-order valence-corrected chi connectivity index (χ1v) is 7.30. The second kappa shape index (κ2) is 8.21. The van der Waals surface area contributed by atoms with Crippen LogP contribution in [0.15, 0.2) is 5.38 Å². The molecule has 0 amide bonds. The number of esters is 1. The Morgan fingerprint density at radius 1 is 1.39 bits per heavy atom. The molecule has 0 spiro atoms. The number of carbonyl (C=O) groups excluding carboxylic acids is 1. The molecule has 0 bridgehead atoms. The molecule has 0 aliphatic heterocycles. The van der Waals surface area contributed by atoms with Gasteiger partial charge in [-0.1, -0.05) is 6.92 Å². The molecule has 5 heteroatoms. The smallest absolute Gasteiger partial charge is 0.306 e. The molecule has 1 aromatic rings. The monoisotopic (exact) mass is 271 g/mol. The first kappa shape index (κ1) is 15.1. The van der Waals surface area contributed by atoms with Crippen molar-refractivity contribution in [2.24, 2.45) is 0 Å². The zero-order chi connectivity index (χ0) is 13.4. The van der Waals surface area contributed by atoms with E-state index >= 15 is 0 Å². The van der Waals surface area contributed by atoms with Crippen LogP contribution >= 0.6 is 11.3 Å². The van der Waals surface area contributed by atoms with Crippen LogP contribution in [0, 0.1) is 0 Å². The third-order valence-electron chi connectivity index (χ3n) is 2.47. The minimum Gasteiger partial charge on any atom is -0.466 e. The molecule has 1 unspecified atom stereocenters. The third kappa shape index (κ3) is 4.74. The number of hydrogen-bond donors (Lipinski definition) is 0. The first-order chi connectivity index (χ1) is 8.71. The van der Waals surface area contributed by atoms with Gasteiger partial charge in [0.15, 0.2) is 0 Å². The fourth-order valence-electron chi connectivity index (χ4n) is 1.61. The lowest BCUT2D eigenvalue weighted by molar-refractivity contribution is -0.143. The van der Waals surface area contributed by atoms with Gasteiger partial charge >= 0.3 is 5.97 Å². The van der Waals surface area contributed by atoms with Gasteiger partial charge in [-0.2, -0.15) is 0 Å². The summed E-state index contributed by atoms with van der Waals surface area (Å²) >= 11 is 1.60. The zero-order valence-corrected chi connectivity index (χ0v) is 12.1. The molecule has 0 saturated heterocycles. The average molecular weight is 271 g/mol. The molecule has 1 rings (SSSR count). The highest BCUT2D eigenvalue weighted by molar-refractivity contribution is 7.09. The predicted octanol–water partition coefficient (Wildman–Crippen LogP) is 3.13. The fraction of sp³-hybridized carbons (Fsp3) is 0.692. The van der Waals surface area contributed by atoms with Gasteiger partial charge in [0, 0.05) is 18.4 Å². The van der Waals surface area contributed by atoms with E-state index in [1.54, 1.807) is 11.3 Å². The molecule has 0 aromatic carbocycles. The number of hydrogen-bond acceptors (Lipinski definition) is 5. The number of thiazole rings is 1. The number of nitrogens with zero attached hydrogens (tertiary/aromatic N) is 1. The van der Waals surface area contributed by atoms with E-state index in [1.807, 2.05) is 19.2 Å². The Balaban J connectivity index is 2.49. The van der Waals surface area contributed by atoms with Gasteiger partial charge in [0.2, 0.25) is 0 Å². The van der Waals surface area contributed by atoms with E-state index < -0.39 is 0 Å². The summed E-state index contributed by atoms with van der Waals surface area (Å²) in [6.45, 7) is 7.00. The number of aryl methyl sites for hydroxylation is 1. The summed E-state index contributed by atoms with van der Waals surface area (Å²) in [5.74, 6) is -0.163. The first-order valence-electron chi connectivity index (χ1n) is 6.42. The van der Waals surface area contributed by atoms with Crippen LogP contribution in [-0.4, -0.2) is 24.2 Å². The summed E-state index contributed by atoms with van der Waals surface area (Å²) in [6, 6.07) is 0. The molecular formula is C13H21NO3S. The van der Waals surface area contributed by atoms with Gasteiger partial charge < -0.3 is 9.47 Å². The summed E-state index contributed by atoms with van der Waals surface area (Å²) in [5, 5.41) is 2.99. The van der Waals surface area contributed by atoms with Crippen molar-refractivity contribution in [2.75, 3.05) is 13.2 Å². The van der Waals surface area contributed by atoms with Gasteiger partial charge in [-0.3, -0.25) is 4.79 Å². The van der Waals surface area contributed by atoms with Crippen molar-refractivity contribution in [3.63, 3.8) is 0 Å². The van der Waals surface area contributed by atoms with Gasteiger partial charge in [-0.25, -0.2) is 4.98 Å². The molecule has 1 atom stereocenters. The molecule has 4 nitrogen and oxygen atoms in total. The van der Waals surface area contributed by atoms with Crippen LogP contribution in [0.3, 0.4) is 0 Å². The molecule has 0 radical (unpaired) electrons. The van der Waals surface area contributed by atoms with E-state index in [0.717, 1.165) is 17.1 Å². The highest BCUT2D eigenvalue weighted by atomic mass is 32.1. The maximum Gasteiger partial charge on any atom is 0.306 e. The highest BCUT2D eigenvalue weighted by Gasteiger charge is 2.14. The van der Waals surface area contributed by atoms with E-state index in [4.69, 9.17) is 9.47 Å². The third-order valence-corrected chi connectivity index (χ3v) is 3.46. The Hall–Kier alpha value is -0.940. The molecule has 18 heavy (non-hydrogen) atoms. The number of aromatic nitrogens is 1. The van der Waals surface area contributed by atoms with Crippen LogP contribution in [-0.2, 0) is 20.7 Å². The molecule has 1 aromatic heterocycles. The topological polar surface area (TPSA) is 48.4 Å². The van der Waals surface area contributed by atoms with Crippen molar-refractivity contribution >= 4 is 17.3 Å². The van der Waals surface area contributed by atoms with E-state index in [1.165, 1.54) is 0 Å². The van der Waals surface area contributed by atoms with Gasteiger partial charge in [0.25, 0.3) is 0 Å². The molecule has 0 fully saturated rings. The Morgan fingerprint density at radius 2 is 2.17 bits per heavy atom. The lowest BCUT2D eigenvalue weighted by Gasteiger charge is -2.11. The Labute approximate surface area is 112 Å². The normalized spacial score (nSPS) is 12.4. The Bertz CT molecular complexity index is 365. The van der Waals surface area contributed by atoms with Gasteiger partial charge in [0.05, 0.1) is 18.7 Å². The number of rotatable bonds is 8. The summed E-state index contributed by atoms with van der Waals surface area (Å²) in [7, 11) is 0. The van der Waals surface area contributed by atoms with Crippen molar-refractivity contribution < 1.29 is 14.3 Å². The van der Waals surface area contributed by atoms with Crippen LogP contribution in [0.5, 0.6) is 0 Å². The molecule has 102 valence electrons. The fourth-order valence-corrected chi connectivity index (χ4v) is 2.60. The summed E-state index contributed by atoms with van der Waals surface area (Å²) < 4.78 is 10.5. The lowest BCUT2D eigenvalue weighted by Crippen LogP contribution is -2.06. The second-order valence-electron chi connectivity index (χ2n) is 3.83. The molecule has 0 aliphatic rings. The standard InChI is InChI=1S/C13H21NO3S/c1-4-11(16-5-2)13-14-10(9-18-13)7-8-12(15)17-6-3/h9,11H,4-8H2,1-3H3. The van der Waals surface area contributed by atoms with Crippen molar-refractivity contribution in [2.45, 2.75) is 46.1 Å². The summed E-state index contributed by atoms with van der Waals surface area (Å²) in [6.07, 6.45) is 2.02. The SMILES string of the molecule is CCOC(=O)CCc1csc(C(CC)OCC)n1. The quantitative estimate of drug-likeness (QED) is 0.682. The lowest BCUT2D eigenvalue weighted by atomic mass is 10.2. The maximum absolute atomic E-state index is 11.2. The van der Waals surface area contributed by atoms with Crippen LogP contribution in [0.25, 0.3) is 0 Å². The molecule has 1 heterocycles. The minimum atomic E-state index is -0.163. The minimum absolute atomic E-state index is 0.0799. The van der Waals surface area contributed by atoms with Gasteiger partial charge in [-0.05, 0) is 20.3 Å². The highest BCUT2D eigenvalue weighted by Crippen LogP contribution is 2.24. The second-order valence-corrected chi connectivity index (χ2v) is 4.72. The van der Waals surface area contributed by atoms with Crippen LogP contribution < -0.4 is 0 Å². The Morgan fingerprint density at radius 3 is 2.78 bits per heavy atom. The van der Waals surface area contributed by atoms with E-state index in [0.29, 0.717) is 26.1 Å². The van der Waals surface area contributed by atoms with Crippen LogP contribution in [0.1, 0.15) is 50.4 Å². The van der Waals surface area contributed by atoms with Crippen molar-refractivity contribution in [1.82, 2.24) is 4.98 Å². The number of carbonyl (C=O) groups is 1. The van der Waals surface area contributed by atoms with Gasteiger partial charge in [0.1, 0.15) is 11.1 Å². The molecule has 0 aliphatic carbocycles. The van der Waals surface area contributed by atoms with Crippen molar-refractivity contribution in [3.05, 3.63) is 16.1 Å². The van der Waals surface area contributed by atoms with Crippen molar-refractivity contribution in [1.29, 1.82) is 0 Å². The Kier molecular flexibility index (Phi) is 6.90. The van der Waals surface area contributed by atoms with Crippen LogP contribution in [0.4, 0.5) is 0 Å². The predicted molar refractivity (Wildman–Crippen MR) is 71.7 cm³/mol. The van der Waals surface area contributed by atoms with Crippen LogP contribution in [0.2, 0.25) is 0 Å². The van der Waals surface area contributed by atoms with E-state index in [-0.39, 0.29) is 12.1 Å². The number of ether oxygens (including phenoxy) is 2. The summed E-state index contributed by atoms with van der Waals surface area (Å²) in [4.78, 5) is 15.8.